The van der Waals surface area contributed by atoms with E-state index in [1.165, 1.54) is 19.3 Å². The molecule has 2 fully saturated rings. The Kier molecular flexibility index (Phi) is 9.72. The Morgan fingerprint density at radius 1 is 1.21 bits per heavy atom. The van der Waals surface area contributed by atoms with Crippen LogP contribution in [0.3, 0.4) is 0 Å². The summed E-state index contributed by atoms with van der Waals surface area (Å²) in [5.74, 6) is 0.929. The highest BCUT2D eigenvalue weighted by molar-refractivity contribution is 5.84. The number of hydrogen-bond acceptors (Lipinski definition) is 5. The second kappa shape index (κ2) is 12.3. The maximum atomic E-state index is 9.91. The van der Waals surface area contributed by atoms with Crippen LogP contribution in [0.15, 0.2) is 36.5 Å². The SMILES string of the molecule is CC(C)O.O=CNC1CCCOC1.c1cnc2c(OC3CCC3)cccc2c1. The second-order valence-corrected chi connectivity index (χ2v) is 7.29. The van der Waals surface area contributed by atoms with Crippen molar-refractivity contribution in [1.29, 1.82) is 0 Å². The van der Waals surface area contributed by atoms with E-state index in [4.69, 9.17) is 14.6 Å². The molecule has 1 saturated heterocycles. The second-order valence-electron chi connectivity index (χ2n) is 7.29. The van der Waals surface area contributed by atoms with Crippen molar-refractivity contribution in [3.05, 3.63) is 36.5 Å². The van der Waals surface area contributed by atoms with Crippen molar-refractivity contribution in [2.45, 2.75) is 64.2 Å². The molecule has 1 amide bonds. The number of aliphatic hydroxyl groups excluding tert-OH is 1. The van der Waals surface area contributed by atoms with Crippen LogP contribution in [-0.4, -0.2) is 48.0 Å². The number of hydrogen-bond donors (Lipinski definition) is 2. The van der Waals surface area contributed by atoms with Crippen LogP contribution in [0.4, 0.5) is 0 Å². The highest BCUT2D eigenvalue weighted by Gasteiger charge is 2.19. The highest BCUT2D eigenvalue weighted by atomic mass is 16.5. The number of carbonyl (C=O) groups is 1. The Hall–Kier alpha value is -2.18. The summed E-state index contributed by atoms with van der Waals surface area (Å²) < 4.78 is 11.0. The summed E-state index contributed by atoms with van der Waals surface area (Å²) in [5, 5.41) is 11.9. The number of nitrogens with zero attached hydrogens (tertiary/aromatic N) is 1. The zero-order chi connectivity index (χ0) is 20.2. The Bertz CT molecular complexity index is 690. The molecule has 1 unspecified atom stereocenters. The molecule has 4 rings (SSSR count). The molecule has 28 heavy (non-hydrogen) atoms. The number of pyridine rings is 1. The standard InChI is InChI=1S/C13H13NO.C6H11NO2.C3H8O/c1-4-10-5-3-9-14-13(10)12(8-1)15-11-6-2-7-11;8-5-7-6-2-1-3-9-4-6;1-3(2)4/h1,3-5,8-9,11H,2,6-7H2;5-6H,1-4H2,(H,7,8);3-4H,1-2H3. The number of para-hydroxylation sites is 1. The minimum atomic E-state index is -0.167. The van der Waals surface area contributed by atoms with E-state index in [-0.39, 0.29) is 12.1 Å². The van der Waals surface area contributed by atoms with Crippen LogP contribution in [0, 0.1) is 0 Å². The van der Waals surface area contributed by atoms with E-state index in [1.54, 1.807) is 13.8 Å². The van der Waals surface area contributed by atoms with E-state index in [2.05, 4.69) is 22.4 Å². The lowest BCUT2D eigenvalue weighted by Crippen LogP contribution is -2.35. The lowest BCUT2D eigenvalue weighted by Gasteiger charge is -2.26. The average Bonchev–Trinajstić information content (AvgIpc) is 2.66. The number of fused-ring (bicyclic) bond motifs is 1. The first-order chi connectivity index (χ1) is 13.6. The first-order valence-electron chi connectivity index (χ1n) is 10.1. The monoisotopic (exact) mass is 388 g/mol. The normalized spacial score (nSPS) is 18.8. The van der Waals surface area contributed by atoms with Crippen LogP contribution < -0.4 is 10.1 Å². The molecule has 1 aromatic carbocycles. The third-order valence-corrected chi connectivity index (χ3v) is 4.41. The van der Waals surface area contributed by atoms with Crippen molar-refractivity contribution < 1.29 is 19.4 Å². The summed E-state index contributed by atoms with van der Waals surface area (Å²) in [4.78, 5) is 14.3. The van der Waals surface area contributed by atoms with Crippen molar-refractivity contribution in [3.8, 4) is 5.75 Å². The summed E-state index contributed by atoms with van der Waals surface area (Å²) in [6.45, 7) is 4.97. The lowest BCUT2D eigenvalue weighted by molar-refractivity contribution is -0.111. The quantitative estimate of drug-likeness (QED) is 0.784. The fraction of sp³-hybridized carbons (Fsp3) is 0.545. The Morgan fingerprint density at radius 2 is 1.96 bits per heavy atom. The molecule has 1 aliphatic carbocycles. The number of benzene rings is 1. The van der Waals surface area contributed by atoms with Gasteiger partial charge in [0.1, 0.15) is 11.3 Å². The van der Waals surface area contributed by atoms with Gasteiger partial charge in [-0.15, -0.1) is 0 Å². The molecular weight excluding hydrogens is 356 g/mol. The van der Waals surface area contributed by atoms with Crippen LogP contribution in [0.25, 0.3) is 10.9 Å². The van der Waals surface area contributed by atoms with Gasteiger partial charge in [0, 0.05) is 24.3 Å². The van der Waals surface area contributed by atoms with Crippen molar-refractivity contribution >= 4 is 17.3 Å². The molecule has 1 saturated carbocycles. The van der Waals surface area contributed by atoms with Gasteiger partial charge in [-0.1, -0.05) is 18.2 Å². The topological polar surface area (TPSA) is 80.7 Å². The van der Waals surface area contributed by atoms with Gasteiger partial charge in [0.15, 0.2) is 0 Å². The fourth-order valence-corrected chi connectivity index (χ4v) is 2.81. The van der Waals surface area contributed by atoms with E-state index >= 15 is 0 Å². The number of aliphatic hydroxyl groups is 1. The largest absolute Gasteiger partial charge is 0.488 e. The van der Waals surface area contributed by atoms with Gasteiger partial charge >= 0.3 is 0 Å². The number of aromatic nitrogens is 1. The minimum absolute atomic E-state index is 0.167. The minimum Gasteiger partial charge on any atom is -0.488 e. The van der Waals surface area contributed by atoms with Gasteiger partial charge in [0.05, 0.1) is 18.8 Å². The van der Waals surface area contributed by atoms with Gasteiger partial charge in [-0.25, -0.2) is 0 Å². The number of nitrogens with one attached hydrogen (secondary N) is 1. The van der Waals surface area contributed by atoms with Gasteiger partial charge in [-0.2, -0.15) is 0 Å². The number of ether oxygens (including phenoxy) is 2. The lowest BCUT2D eigenvalue weighted by atomic mass is 9.96. The van der Waals surface area contributed by atoms with E-state index in [9.17, 15) is 4.79 Å². The molecule has 0 radical (unpaired) electrons. The highest BCUT2D eigenvalue weighted by Crippen LogP contribution is 2.29. The summed E-state index contributed by atoms with van der Waals surface area (Å²) in [5.41, 5.74) is 0.979. The Labute approximate surface area is 167 Å². The number of rotatable bonds is 4. The van der Waals surface area contributed by atoms with Crippen molar-refractivity contribution in [2.24, 2.45) is 0 Å². The van der Waals surface area contributed by atoms with Gasteiger partial charge in [-0.3, -0.25) is 9.78 Å². The molecule has 2 heterocycles. The summed E-state index contributed by atoms with van der Waals surface area (Å²) in [6.07, 6.45) is 8.58. The van der Waals surface area contributed by atoms with Crippen molar-refractivity contribution in [3.63, 3.8) is 0 Å². The third-order valence-electron chi connectivity index (χ3n) is 4.41. The smallest absolute Gasteiger partial charge is 0.207 e. The van der Waals surface area contributed by atoms with Crippen molar-refractivity contribution in [1.82, 2.24) is 10.3 Å². The average molecular weight is 389 g/mol. The van der Waals surface area contributed by atoms with E-state index in [1.807, 2.05) is 24.4 Å². The number of amides is 1. The molecule has 2 aromatic rings. The first-order valence-corrected chi connectivity index (χ1v) is 10.1. The van der Waals surface area contributed by atoms with E-state index in [0.717, 1.165) is 42.5 Å². The maximum Gasteiger partial charge on any atom is 0.207 e. The number of carbonyl (C=O) groups excluding carboxylic acids is 1. The molecule has 1 aromatic heterocycles. The van der Waals surface area contributed by atoms with Crippen LogP contribution in [-0.2, 0) is 9.53 Å². The van der Waals surface area contributed by atoms with E-state index < -0.39 is 0 Å². The molecule has 154 valence electrons. The molecule has 6 heteroatoms. The van der Waals surface area contributed by atoms with Crippen molar-refractivity contribution in [2.75, 3.05) is 13.2 Å². The first kappa shape index (κ1) is 22.1. The predicted molar refractivity (Wildman–Crippen MR) is 110 cm³/mol. The summed E-state index contributed by atoms with van der Waals surface area (Å²) in [7, 11) is 0. The van der Waals surface area contributed by atoms with Gasteiger partial charge in [0.2, 0.25) is 6.41 Å². The van der Waals surface area contributed by atoms with Crippen LogP contribution >= 0.6 is 0 Å². The molecule has 0 bridgehead atoms. The Balaban J connectivity index is 0.000000184. The van der Waals surface area contributed by atoms with Crippen LogP contribution in [0.2, 0.25) is 0 Å². The van der Waals surface area contributed by atoms with Gasteiger partial charge in [-0.05, 0) is 58.1 Å². The van der Waals surface area contributed by atoms with Crippen LogP contribution in [0.5, 0.6) is 5.75 Å². The predicted octanol–water partition coefficient (Wildman–Crippen LogP) is 3.46. The van der Waals surface area contributed by atoms with Crippen LogP contribution in [0.1, 0.15) is 46.0 Å². The summed E-state index contributed by atoms with van der Waals surface area (Å²) in [6, 6.07) is 10.4. The van der Waals surface area contributed by atoms with Gasteiger partial charge in [0.25, 0.3) is 0 Å². The zero-order valence-electron chi connectivity index (χ0n) is 16.8. The molecule has 2 aliphatic rings. The summed E-state index contributed by atoms with van der Waals surface area (Å²) >= 11 is 0. The van der Waals surface area contributed by atoms with E-state index in [0.29, 0.717) is 12.7 Å². The maximum absolute atomic E-state index is 9.91. The Morgan fingerprint density at radius 3 is 2.57 bits per heavy atom. The molecule has 1 aliphatic heterocycles. The van der Waals surface area contributed by atoms with Gasteiger partial charge < -0.3 is 19.9 Å². The molecule has 1 atom stereocenters. The third kappa shape index (κ3) is 7.82. The molecular formula is C22H32N2O4. The molecule has 2 N–H and O–H groups in total. The zero-order valence-corrected chi connectivity index (χ0v) is 16.8. The fourth-order valence-electron chi connectivity index (χ4n) is 2.81. The molecule has 0 spiro atoms. The molecule has 6 nitrogen and oxygen atoms in total.